The number of urea groups is 1. The third-order valence-electron chi connectivity index (χ3n) is 4.24. The predicted molar refractivity (Wildman–Crippen MR) is 90.9 cm³/mol. The van der Waals surface area contributed by atoms with E-state index in [9.17, 15) is 27.6 Å². The van der Waals surface area contributed by atoms with E-state index in [2.05, 4.69) is 4.98 Å². The Morgan fingerprint density at radius 2 is 1.75 bits per heavy atom. The predicted octanol–water partition coefficient (Wildman–Crippen LogP) is 1.86. The van der Waals surface area contributed by atoms with Gasteiger partial charge < -0.3 is 5.32 Å². The lowest BCUT2D eigenvalue weighted by Crippen LogP contribution is -2.69. The maximum atomic E-state index is 13.8. The molecule has 2 aromatic rings. The number of pyridine rings is 1. The second kappa shape index (κ2) is 7.29. The number of nitrogens with one attached hydrogen (secondary N) is 2. The number of alkyl halides is 3. The van der Waals surface area contributed by atoms with Crippen LogP contribution in [0.2, 0.25) is 0 Å². The van der Waals surface area contributed by atoms with E-state index in [4.69, 9.17) is 0 Å². The van der Waals surface area contributed by atoms with Gasteiger partial charge in [-0.05, 0) is 24.1 Å². The van der Waals surface area contributed by atoms with Crippen LogP contribution in [0.5, 0.6) is 0 Å². The van der Waals surface area contributed by atoms with Crippen LogP contribution < -0.4 is 10.6 Å². The minimum atomic E-state index is -5.25. The van der Waals surface area contributed by atoms with Crippen molar-refractivity contribution in [3.63, 3.8) is 0 Å². The third-order valence-corrected chi connectivity index (χ3v) is 4.24. The molecule has 1 aliphatic heterocycles. The molecule has 1 fully saturated rings. The van der Waals surface area contributed by atoms with Gasteiger partial charge >= 0.3 is 12.2 Å². The quantitative estimate of drug-likeness (QED) is 0.760. The van der Waals surface area contributed by atoms with Crippen LogP contribution in [0.25, 0.3) is 0 Å². The molecule has 0 saturated carbocycles. The first-order valence-electron chi connectivity index (χ1n) is 8.22. The average molecular weight is 392 g/mol. The van der Waals surface area contributed by atoms with Crippen molar-refractivity contribution in [2.45, 2.75) is 18.3 Å². The van der Waals surface area contributed by atoms with Gasteiger partial charge in [0.05, 0.1) is 0 Å². The second-order valence-corrected chi connectivity index (χ2v) is 6.06. The van der Waals surface area contributed by atoms with E-state index in [0.717, 1.165) is 5.56 Å². The van der Waals surface area contributed by atoms with Gasteiger partial charge in [0.25, 0.3) is 17.5 Å². The smallest absolute Gasteiger partial charge is 0.314 e. The number of amides is 4. The summed E-state index contributed by atoms with van der Waals surface area (Å²) in [6.07, 6.45) is -2.64. The second-order valence-electron chi connectivity index (χ2n) is 6.06. The number of imide groups is 1. The summed E-state index contributed by atoms with van der Waals surface area (Å²) in [5, 5.41) is 3.25. The van der Waals surface area contributed by atoms with Gasteiger partial charge in [0.2, 0.25) is 0 Å². The summed E-state index contributed by atoms with van der Waals surface area (Å²) < 4.78 is 41.3. The Hall–Kier alpha value is -3.43. The summed E-state index contributed by atoms with van der Waals surface area (Å²) in [5.74, 6) is -2.75. The molecule has 0 aliphatic carbocycles. The van der Waals surface area contributed by atoms with Gasteiger partial charge in [-0.2, -0.15) is 13.2 Å². The largest absolute Gasteiger partial charge is 0.440 e. The van der Waals surface area contributed by atoms with Crippen molar-refractivity contribution in [3.05, 3.63) is 66.0 Å². The molecule has 0 spiro atoms. The Balaban J connectivity index is 1.84. The maximum Gasteiger partial charge on any atom is 0.440 e. The molecule has 7 nitrogen and oxygen atoms in total. The molecule has 0 bridgehead atoms. The molecule has 10 heteroatoms. The van der Waals surface area contributed by atoms with E-state index in [1.54, 1.807) is 41.0 Å². The topological polar surface area (TPSA) is 91.4 Å². The van der Waals surface area contributed by atoms with Crippen LogP contribution in [0.3, 0.4) is 0 Å². The minimum absolute atomic E-state index is 0.136. The van der Waals surface area contributed by atoms with Crippen LogP contribution in [-0.4, -0.2) is 46.1 Å². The van der Waals surface area contributed by atoms with E-state index in [-0.39, 0.29) is 18.5 Å². The molecule has 1 unspecified atom stereocenters. The molecule has 2 heterocycles. The summed E-state index contributed by atoms with van der Waals surface area (Å²) in [5.41, 5.74) is -2.92. The van der Waals surface area contributed by atoms with Gasteiger partial charge in [-0.25, -0.2) is 4.79 Å². The standard InChI is InChI=1S/C18H15F3N4O3/c19-18(20,21)17(23-14(26)13-6-9-22-10-7-13)15(27)25(16(28)24-17)11-8-12-4-2-1-3-5-12/h1-7,9-10H,8,11H2,(H,23,26)(H,24,28). The number of carbonyl (C=O) groups is 3. The van der Waals surface area contributed by atoms with Crippen LogP contribution >= 0.6 is 0 Å². The summed E-state index contributed by atoms with van der Waals surface area (Å²) in [6, 6.07) is 9.82. The number of hydrogen-bond donors (Lipinski definition) is 2. The van der Waals surface area contributed by atoms with Crippen molar-refractivity contribution < 1.29 is 27.6 Å². The molecule has 28 heavy (non-hydrogen) atoms. The zero-order valence-corrected chi connectivity index (χ0v) is 14.4. The summed E-state index contributed by atoms with van der Waals surface area (Å²) in [4.78, 5) is 41.0. The van der Waals surface area contributed by atoms with Crippen molar-refractivity contribution in [1.82, 2.24) is 20.5 Å². The molecule has 1 saturated heterocycles. The van der Waals surface area contributed by atoms with Crippen molar-refractivity contribution in [1.29, 1.82) is 0 Å². The van der Waals surface area contributed by atoms with Gasteiger partial charge in [-0.15, -0.1) is 0 Å². The van der Waals surface area contributed by atoms with E-state index in [1.807, 2.05) is 0 Å². The molecule has 4 amide bonds. The van der Waals surface area contributed by atoms with Crippen LogP contribution in [0.1, 0.15) is 15.9 Å². The molecule has 146 valence electrons. The van der Waals surface area contributed by atoms with Crippen molar-refractivity contribution >= 4 is 17.8 Å². The van der Waals surface area contributed by atoms with Gasteiger partial charge in [0.1, 0.15) is 0 Å². The molecule has 1 atom stereocenters. The Morgan fingerprint density at radius 1 is 1.11 bits per heavy atom. The highest BCUT2D eigenvalue weighted by molar-refractivity contribution is 6.10. The number of carbonyl (C=O) groups excluding carboxylic acids is 3. The molecular weight excluding hydrogens is 377 g/mol. The molecule has 3 rings (SSSR count). The van der Waals surface area contributed by atoms with Gasteiger partial charge in [-0.3, -0.25) is 24.8 Å². The highest BCUT2D eigenvalue weighted by atomic mass is 19.4. The zero-order chi connectivity index (χ0) is 20.4. The zero-order valence-electron chi connectivity index (χ0n) is 14.4. The fourth-order valence-electron chi connectivity index (χ4n) is 2.76. The lowest BCUT2D eigenvalue weighted by molar-refractivity contribution is -0.200. The number of benzene rings is 1. The number of rotatable bonds is 5. The van der Waals surface area contributed by atoms with E-state index < -0.39 is 29.7 Å². The maximum absolute atomic E-state index is 13.8. The molecule has 1 aromatic heterocycles. The number of aromatic nitrogens is 1. The first kappa shape index (κ1) is 19.3. The van der Waals surface area contributed by atoms with E-state index in [0.29, 0.717) is 4.90 Å². The third kappa shape index (κ3) is 3.53. The minimum Gasteiger partial charge on any atom is -0.314 e. The fraction of sp³-hybridized carbons (Fsp3) is 0.222. The molecule has 0 radical (unpaired) electrons. The molecule has 1 aliphatic rings. The Kier molecular flexibility index (Phi) is 5.04. The average Bonchev–Trinajstić information content (AvgIpc) is 2.92. The molecule has 1 aromatic carbocycles. The monoisotopic (exact) mass is 392 g/mol. The number of halogens is 3. The number of nitrogens with zero attached hydrogens (tertiary/aromatic N) is 2. The fourth-order valence-corrected chi connectivity index (χ4v) is 2.76. The lowest BCUT2D eigenvalue weighted by atomic mass is 10.1. The van der Waals surface area contributed by atoms with E-state index in [1.165, 1.54) is 24.5 Å². The summed E-state index contributed by atoms with van der Waals surface area (Å²) in [7, 11) is 0. The van der Waals surface area contributed by atoms with Crippen molar-refractivity contribution in [3.8, 4) is 0 Å². The van der Waals surface area contributed by atoms with Gasteiger partial charge in [-0.1, -0.05) is 30.3 Å². The highest BCUT2D eigenvalue weighted by Gasteiger charge is 2.68. The highest BCUT2D eigenvalue weighted by Crippen LogP contribution is 2.34. The van der Waals surface area contributed by atoms with Crippen molar-refractivity contribution in [2.75, 3.05) is 6.54 Å². The molecule has 2 N–H and O–H groups in total. The summed E-state index contributed by atoms with van der Waals surface area (Å²) >= 11 is 0. The first-order chi connectivity index (χ1) is 13.2. The van der Waals surface area contributed by atoms with Crippen LogP contribution in [-0.2, 0) is 11.2 Å². The molecular formula is C18H15F3N4O3. The van der Waals surface area contributed by atoms with Crippen LogP contribution in [0.4, 0.5) is 18.0 Å². The SMILES string of the molecule is O=C(NC1(C(F)(F)F)NC(=O)N(CCc2ccccc2)C1=O)c1ccncc1. The first-order valence-corrected chi connectivity index (χ1v) is 8.22. The van der Waals surface area contributed by atoms with Crippen LogP contribution in [0, 0.1) is 0 Å². The lowest BCUT2D eigenvalue weighted by Gasteiger charge is -2.29. The Bertz CT molecular complexity index is 890. The normalized spacial score (nSPS) is 19.5. The van der Waals surface area contributed by atoms with Gasteiger partial charge in [0, 0.05) is 24.5 Å². The van der Waals surface area contributed by atoms with Gasteiger partial charge in [0.15, 0.2) is 0 Å². The van der Waals surface area contributed by atoms with Crippen LogP contribution in [0.15, 0.2) is 54.9 Å². The summed E-state index contributed by atoms with van der Waals surface area (Å²) in [6.45, 7) is -0.266. The van der Waals surface area contributed by atoms with E-state index >= 15 is 0 Å². The van der Waals surface area contributed by atoms with Crippen molar-refractivity contribution in [2.24, 2.45) is 0 Å². The Labute approximate surface area is 157 Å². The Morgan fingerprint density at radius 3 is 2.36 bits per heavy atom. The number of hydrogen-bond acceptors (Lipinski definition) is 4.